The van der Waals surface area contributed by atoms with Gasteiger partial charge in [0.05, 0.1) is 17.7 Å². The highest BCUT2D eigenvalue weighted by Gasteiger charge is 2.46. The summed E-state index contributed by atoms with van der Waals surface area (Å²) in [5, 5.41) is 2.53. The molecule has 0 amide bonds. The van der Waals surface area contributed by atoms with Crippen LogP contribution in [0.5, 0.6) is 0 Å². The standard InChI is InChI=1S/C30H32O4P4/c31-35(27-14-5-1-6-15-27)22-13-23-36(32,28-16-7-2-8-17-28)25-38(34,30-20-11-4-12-21-30)26-37(33,24-35)29-18-9-3-10-19-29/h1-12,14-21H,13,22-26H2. The second-order valence-electron chi connectivity index (χ2n) is 10.1. The van der Waals surface area contributed by atoms with Crippen molar-refractivity contribution < 1.29 is 18.3 Å². The molecule has 0 aliphatic carbocycles. The highest BCUT2D eigenvalue weighted by atomic mass is 31.3. The monoisotopic (exact) mass is 580 g/mol. The van der Waals surface area contributed by atoms with Gasteiger partial charge in [0.25, 0.3) is 0 Å². The Morgan fingerprint density at radius 2 is 0.579 bits per heavy atom. The summed E-state index contributed by atoms with van der Waals surface area (Å²) >= 11 is 0. The Morgan fingerprint density at radius 1 is 0.342 bits per heavy atom. The van der Waals surface area contributed by atoms with Crippen LogP contribution in [0.1, 0.15) is 6.42 Å². The lowest BCUT2D eigenvalue weighted by Crippen LogP contribution is -2.24. The Hall–Kier alpha value is -2.20. The largest absolute Gasteiger partial charge is 0.318 e. The average molecular weight is 580 g/mol. The molecule has 4 atom stereocenters. The van der Waals surface area contributed by atoms with E-state index in [2.05, 4.69) is 0 Å². The Labute approximate surface area is 225 Å². The Balaban J connectivity index is 1.73. The van der Waals surface area contributed by atoms with E-state index in [1.165, 1.54) is 0 Å². The first kappa shape index (κ1) is 27.4. The van der Waals surface area contributed by atoms with E-state index in [-0.39, 0.29) is 17.7 Å². The van der Waals surface area contributed by atoms with Gasteiger partial charge in [-0.2, -0.15) is 0 Å². The van der Waals surface area contributed by atoms with Gasteiger partial charge in [-0.05, 0) is 6.42 Å². The van der Waals surface area contributed by atoms with Gasteiger partial charge >= 0.3 is 0 Å². The van der Waals surface area contributed by atoms with Gasteiger partial charge in [-0.15, -0.1) is 0 Å². The molecule has 0 spiro atoms. The van der Waals surface area contributed by atoms with Crippen molar-refractivity contribution in [3.63, 3.8) is 0 Å². The third kappa shape index (κ3) is 5.71. The second-order valence-corrected chi connectivity index (χ2v) is 23.6. The van der Waals surface area contributed by atoms with Crippen molar-refractivity contribution in [3.05, 3.63) is 121 Å². The molecule has 8 heteroatoms. The molecule has 4 nitrogen and oxygen atoms in total. The fourth-order valence-electron chi connectivity index (χ4n) is 5.47. The molecule has 0 aromatic heterocycles. The van der Waals surface area contributed by atoms with E-state index in [0.29, 0.717) is 40.0 Å². The van der Waals surface area contributed by atoms with E-state index in [1.807, 2.05) is 97.1 Å². The van der Waals surface area contributed by atoms with Crippen LogP contribution in [0.15, 0.2) is 121 Å². The first-order valence-corrected chi connectivity index (χ1v) is 21.1. The van der Waals surface area contributed by atoms with Crippen molar-refractivity contribution >= 4 is 49.8 Å². The average Bonchev–Trinajstić information content (AvgIpc) is 2.94. The van der Waals surface area contributed by atoms with Gasteiger partial charge in [-0.25, -0.2) is 0 Å². The van der Waals surface area contributed by atoms with Gasteiger partial charge in [0.2, 0.25) is 0 Å². The van der Waals surface area contributed by atoms with Gasteiger partial charge < -0.3 is 18.3 Å². The molecule has 196 valence electrons. The third-order valence-electron chi connectivity index (χ3n) is 7.32. The zero-order valence-electron chi connectivity index (χ0n) is 21.2. The summed E-state index contributed by atoms with van der Waals surface area (Å²) in [4.78, 5) is 0. The van der Waals surface area contributed by atoms with Gasteiger partial charge in [-0.1, -0.05) is 121 Å². The molecule has 1 fully saturated rings. The lowest BCUT2D eigenvalue weighted by Gasteiger charge is -2.33. The minimum Gasteiger partial charge on any atom is -0.318 e. The molecule has 0 bridgehead atoms. The smallest absolute Gasteiger partial charge is 0.130 e. The third-order valence-corrected chi connectivity index (χ3v) is 25.3. The predicted octanol–water partition coefficient (Wildman–Crippen LogP) is 7.02. The highest BCUT2D eigenvalue weighted by molar-refractivity contribution is 7.97. The van der Waals surface area contributed by atoms with Crippen molar-refractivity contribution in [3.8, 4) is 0 Å². The maximum atomic E-state index is 15.2. The summed E-state index contributed by atoms with van der Waals surface area (Å²) in [5.74, 6) is -0.150. The first-order valence-electron chi connectivity index (χ1n) is 12.8. The molecule has 1 saturated heterocycles. The molecule has 1 aliphatic rings. The molecular weight excluding hydrogens is 548 g/mol. The summed E-state index contributed by atoms with van der Waals surface area (Å²) in [6, 6.07) is 36.7. The lowest BCUT2D eigenvalue weighted by molar-refractivity contribution is 0.571. The maximum absolute atomic E-state index is 15.2. The van der Waals surface area contributed by atoms with Crippen LogP contribution in [0.2, 0.25) is 0 Å². The topological polar surface area (TPSA) is 68.3 Å². The minimum atomic E-state index is -3.45. The first-order chi connectivity index (χ1) is 18.2. The van der Waals surface area contributed by atoms with E-state index in [4.69, 9.17) is 0 Å². The molecule has 0 N–H and O–H groups in total. The Kier molecular flexibility index (Phi) is 8.01. The highest BCUT2D eigenvalue weighted by Crippen LogP contribution is 2.72. The number of hydrogen-bond acceptors (Lipinski definition) is 4. The Morgan fingerprint density at radius 3 is 0.868 bits per heavy atom. The van der Waals surface area contributed by atoms with Crippen molar-refractivity contribution in [2.45, 2.75) is 6.42 Å². The molecule has 4 unspecified atom stereocenters. The number of rotatable bonds is 4. The summed E-state index contributed by atoms with van der Waals surface area (Å²) in [6.07, 6.45) is 1.09. The Bertz CT molecular complexity index is 1450. The van der Waals surface area contributed by atoms with Gasteiger partial charge in [0.1, 0.15) is 28.6 Å². The molecule has 0 radical (unpaired) electrons. The van der Waals surface area contributed by atoms with E-state index < -0.39 is 28.6 Å². The van der Waals surface area contributed by atoms with Crippen molar-refractivity contribution in [2.75, 3.05) is 30.0 Å². The van der Waals surface area contributed by atoms with Crippen LogP contribution < -0.4 is 21.2 Å². The molecule has 5 rings (SSSR count). The summed E-state index contributed by atoms with van der Waals surface area (Å²) in [7, 11) is -13.3. The van der Waals surface area contributed by atoms with E-state index >= 15 is 9.13 Å². The second kappa shape index (κ2) is 11.1. The van der Waals surface area contributed by atoms with E-state index in [9.17, 15) is 9.13 Å². The summed E-state index contributed by atoms with van der Waals surface area (Å²) in [6.45, 7) is 0. The van der Waals surface area contributed by atoms with Crippen LogP contribution in [-0.4, -0.2) is 30.0 Å². The number of benzene rings is 4. The predicted molar refractivity (Wildman–Crippen MR) is 164 cm³/mol. The van der Waals surface area contributed by atoms with Crippen LogP contribution in [0.4, 0.5) is 0 Å². The van der Waals surface area contributed by atoms with Crippen LogP contribution in [0, 0.1) is 0 Å². The molecule has 1 heterocycles. The van der Waals surface area contributed by atoms with Gasteiger partial charge in [0.15, 0.2) is 0 Å². The molecule has 4 aromatic rings. The molecular formula is C30H32O4P4. The van der Waals surface area contributed by atoms with Crippen LogP contribution in [0.25, 0.3) is 0 Å². The van der Waals surface area contributed by atoms with Crippen LogP contribution in [0.3, 0.4) is 0 Å². The van der Waals surface area contributed by atoms with Gasteiger partial charge in [-0.3, -0.25) is 0 Å². The van der Waals surface area contributed by atoms with Crippen LogP contribution in [-0.2, 0) is 18.3 Å². The normalized spacial score (nSPS) is 30.3. The van der Waals surface area contributed by atoms with Crippen LogP contribution >= 0.6 is 28.6 Å². The molecule has 4 aromatic carbocycles. The van der Waals surface area contributed by atoms with Crippen molar-refractivity contribution in [2.24, 2.45) is 0 Å². The van der Waals surface area contributed by atoms with Gasteiger partial charge in [0, 0.05) is 33.5 Å². The maximum Gasteiger partial charge on any atom is 0.130 e. The fourth-order valence-corrected chi connectivity index (χ4v) is 26.7. The lowest BCUT2D eigenvalue weighted by atomic mass is 10.4. The molecule has 38 heavy (non-hydrogen) atoms. The SMILES string of the molecule is O=P1(c2ccccc2)CCCP(=O)(c2ccccc2)CP(=O)(c2ccccc2)CP(=O)(c2ccccc2)C1. The molecule has 0 saturated carbocycles. The quantitative estimate of drug-likeness (QED) is 0.244. The van der Waals surface area contributed by atoms with E-state index in [0.717, 1.165) is 0 Å². The fraction of sp³-hybridized carbons (Fsp3) is 0.200. The minimum absolute atomic E-state index is 0.0134. The summed E-state index contributed by atoms with van der Waals surface area (Å²) in [5.41, 5.74) is 0. The van der Waals surface area contributed by atoms with Crippen molar-refractivity contribution in [1.29, 1.82) is 0 Å². The zero-order valence-corrected chi connectivity index (χ0v) is 24.8. The number of hydrogen-bond donors (Lipinski definition) is 0. The summed E-state index contributed by atoms with van der Waals surface area (Å²) < 4.78 is 59.9. The van der Waals surface area contributed by atoms with Crippen molar-refractivity contribution in [1.82, 2.24) is 0 Å². The molecule has 1 aliphatic heterocycles. The zero-order chi connectivity index (χ0) is 26.7. The van der Waals surface area contributed by atoms with E-state index in [1.54, 1.807) is 24.3 Å².